The number of hydrogen-bond acceptors (Lipinski definition) is 5. The highest BCUT2D eigenvalue weighted by atomic mass is 35.5. The lowest BCUT2D eigenvalue weighted by molar-refractivity contribution is 0.161. The molecule has 1 aromatic heterocycles. The van der Waals surface area contributed by atoms with E-state index < -0.39 is 10.1 Å². The fourth-order valence-electron chi connectivity index (χ4n) is 2.09. The van der Waals surface area contributed by atoms with Crippen molar-refractivity contribution in [2.75, 3.05) is 13.2 Å². The molecule has 1 aromatic carbocycles. The highest BCUT2D eigenvalue weighted by Crippen LogP contribution is 2.16. The lowest BCUT2D eigenvalue weighted by Crippen LogP contribution is -2.54. The molecule has 25 heavy (non-hydrogen) atoms. The van der Waals surface area contributed by atoms with Crippen molar-refractivity contribution >= 4 is 21.7 Å². The fourth-order valence-corrected chi connectivity index (χ4v) is 2.68. The van der Waals surface area contributed by atoms with Crippen LogP contribution in [-0.4, -0.2) is 37.1 Å². The number of hydrogen-bond donors (Lipinski definition) is 2. The third-order valence-electron chi connectivity index (χ3n) is 3.84. The Balaban J connectivity index is 0.000000186. The summed E-state index contributed by atoms with van der Waals surface area (Å²) in [6.07, 6.45) is 1.64. The van der Waals surface area contributed by atoms with Gasteiger partial charge in [-0.2, -0.15) is 8.42 Å². The number of nitrogens with zero attached hydrogens (tertiary/aromatic N) is 1. The third kappa shape index (κ3) is 6.28. The molecule has 0 amide bonds. The van der Waals surface area contributed by atoms with E-state index in [1.165, 1.54) is 12.1 Å². The summed E-state index contributed by atoms with van der Waals surface area (Å²) in [7, 11) is -4.02. The van der Waals surface area contributed by atoms with E-state index in [1.807, 2.05) is 13.0 Å². The van der Waals surface area contributed by atoms with Gasteiger partial charge in [0, 0.05) is 6.04 Å². The number of halogens is 1. The number of aromatic nitrogens is 1. The molecule has 0 radical (unpaired) electrons. The van der Waals surface area contributed by atoms with Crippen molar-refractivity contribution < 1.29 is 17.7 Å². The third-order valence-corrected chi connectivity index (χ3v) is 4.93. The van der Waals surface area contributed by atoms with Gasteiger partial charge in [0.1, 0.15) is 17.5 Å². The van der Waals surface area contributed by atoms with E-state index in [4.69, 9.17) is 20.9 Å². The summed E-state index contributed by atoms with van der Waals surface area (Å²) in [6.45, 7) is 5.84. The van der Waals surface area contributed by atoms with Crippen LogP contribution in [0.4, 0.5) is 0 Å². The van der Waals surface area contributed by atoms with Crippen LogP contribution in [0.15, 0.2) is 47.5 Å². The van der Waals surface area contributed by atoms with Crippen molar-refractivity contribution in [1.29, 1.82) is 0 Å². The van der Waals surface area contributed by atoms with Crippen LogP contribution in [-0.2, 0) is 10.1 Å². The monoisotopic (exact) mass is 384 g/mol. The van der Waals surface area contributed by atoms with E-state index in [-0.39, 0.29) is 4.90 Å². The number of nitrogens with one attached hydrogen (secondary N) is 1. The molecule has 0 unspecified atom stereocenters. The molecule has 0 bridgehead atoms. The van der Waals surface area contributed by atoms with Gasteiger partial charge in [0.15, 0.2) is 0 Å². The van der Waals surface area contributed by atoms with Crippen molar-refractivity contribution in [2.24, 2.45) is 5.92 Å². The first-order valence-electron chi connectivity index (χ1n) is 7.77. The first-order valence-corrected chi connectivity index (χ1v) is 9.59. The van der Waals surface area contributed by atoms with Gasteiger partial charge in [-0.05, 0) is 43.7 Å². The van der Waals surface area contributed by atoms with Crippen LogP contribution in [0, 0.1) is 12.8 Å². The van der Waals surface area contributed by atoms with E-state index in [2.05, 4.69) is 17.2 Å². The molecule has 2 aromatic rings. The molecule has 0 saturated carbocycles. The molecular weight excluding hydrogens is 364 g/mol. The summed E-state index contributed by atoms with van der Waals surface area (Å²) in [4.78, 5) is 3.87. The Morgan fingerprint density at radius 3 is 2.40 bits per heavy atom. The van der Waals surface area contributed by atoms with Crippen LogP contribution >= 0.6 is 11.6 Å². The first-order chi connectivity index (χ1) is 11.8. The molecule has 8 heteroatoms. The number of rotatable bonds is 4. The van der Waals surface area contributed by atoms with Gasteiger partial charge < -0.3 is 10.1 Å². The average Bonchev–Trinajstić information content (AvgIpc) is 2.55. The molecule has 1 aliphatic heterocycles. The Kier molecular flexibility index (Phi) is 6.78. The van der Waals surface area contributed by atoms with E-state index in [0.717, 1.165) is 17.9 Å². The van der Waals surface area contributed by atoms with Gasteiger partial charge >= 0.3 is 0 Å². The van der Waals surface area contributed by atoms with Crippen LogP contribution in [0.3, 0.4) is 0 Å². The Bertz CT molecular complexity index is 779. The standard InChI is InChI=1S/C10H13ClN2O.C7H8O3S/c1-7-4-12-9(7)6-14-8-2-3-10(11)13-5-8;1-6-2-4-7(5-3-6)11(8,9)10/h2-3,5,7,9,12H,4,6H2,1H3;2-5H,1H3,(H,8,9,10)/t7-,9-;/m0./s1. The van der Waals surface area contributed by atoms with E-state index >= 15 is 0 Å². The lowest BCUT2D eigenvalue weighted by Gasteiger charge is -2.35. The highest BCUT2D eigenvalue weighted by Gasteiger charge is 2.26. The van der Waals surface area contributed by atoms with Crippen molar-refractivity contribution in [3.05, 3.63) is 53.3 Å². The number of aryl methyl sites for hydroxylation is 1. The zero-order valence-corrected chi connectivity index (χ0v) is 15.6. The van der Waals surface area contributed by atoms with Crippen LogP contribution in [0.5, 0.6) is 5.75 Å². The highest BCUT2D eigenvalue weighted by molar-refractivity contribution is 7.85. The minimum Gasteiger partial charge on any atom is -0.490 e. The van der Waals surface area contributed by atoms with Gasteiger partial charge in [0.25, 0.3) is 10.1 Å². The first kappa shape index (κ1) is 19.7. The molecule has 0 spiro atoms. The van der Waals surface area contributed by atoms with Crippen molar-refractivity contribution in [3.63, 3.8) is 0 Å². The second kappa shape index (κ2) is 8.62. The Labute approximate surface area is 152 Å². The second-order valence-corrected chi connectivity index (χ2v) is 7.72. The maximum Gasteiger partial charge on any atom is 0.294 e. The minimum absolute atomic E-state index is 0.0666. The maximum absolute atomic E-state index is 10.5. The Hall–Kier alpha value is -1.67. The minimum atomic E-state index is -4.02. The molecule has 1 fully saturated rings. The quantitative estimate of drug-likeness (QED) is 0.622. The van der Waals surface area contributed by atoms with Gasteiger partial charge in [0.05, 0.1) is 11.1 Å². The predicted molar refractivity (Wildman–Crippen MR) is 96.7 cm³/mol. The van der Waals surface area contributed by atoms with Gasteiger partial charge in [-0.1, -0.05) is 36.2 Å². The SMILES string of the molecule is C[C@H]1CN[C@H]1COc1ccc(Cl)nc1.Cc1ccc(S(=O)(=O)O)cc1. The summed E-state index contributed by atoms with van der Waals surface area (Å²) in [6, 6.07) is 10.0. The van der Waals surface area contributed by atoms with Gasteiger partial charge in [-0.3, -0.25) is 4.55 Å². The fraction of sp³-hybridized carbons (Fsp3) is 0.353. The van der Waals surface area contributed by atoms with Crippen LogP contribution in [0.25, 0.3) is 0 Å². The Morgan fingerprint density at radius 2 is 1.96 bits per heavy atom. The van der Waals surface area contributed by atoms with Crippen molar-refractivity contribution in [2.45, 2.75) is 24.8 Å². The largest absolute Gasteiger partial charge is 0.490 e. The summed E-state index contributed by atoms with van der Waals surface area (Å²) in [5, 5.41) is 3.80. The zero-order chi connectivity index (χ0) is 18.4. The zero-order valence-electron chi connectivity index (χ0n) is 14.0. The predicted octanol–water partition coefficient (Wildman–Crippen LogP) is 2.96. The maximum atomic E-state index is 10.5. The average molecular weight is 385 g/mol. The molecule has 1 aliphatic rings. The molecule has 1 saturated heterocycles. The number of benzene rings is 1. The molecule has 0 aliphatic carbocycles. The normalized spacial score (nSPS) is 19.4. The smallest absolute Gasteiger partial charge is 0.294 e. The van der Waals surface area contributed by atoms with Crippen LogP contribution in [0.1, 0.15) is 12.5 Å². The summed E-state index contributed by atoms with van der Waals surface area (Å²) in [5.41, 5.74) is 0.956. The van der Waals surface area contributed by atoms with Gasteiger partial charge in [0.2, 0.25) is 0 Å². The van der Waals surface area contributed by atoms with Crippen molar-refractivity contribution in [1.82, 2.24) is 10.3 Å². The molecule has 3 rings (SSSR count). The molecule has 6 nitrogen and oxygen atoms in total. The molecule has 2 atom stereocenters. The van der Waals surface area contributed by atoms with Crippen LogP contribution in [0.2, 0.25) is 5.15 Å². The number of ether oxygens (including phenoxy) is 1. The topological polar surface area (TPSA) is 88.5 Å². The Morgan fingerprint density at radius 1 is 1.28 bits per heavy atom. The summed E-state index contributed by atoms with van der Waals surface area (Å²) < 4.78 is 35.1. The van der Waals surface area contributed by atoms with E-state index in [0.29, 0.717) is 23.7 Å². The number of pyridine rings is 1. The van der Waals surface area contributed by atoms with Crippen LogP contribution < -0.4 is 10.1 Å². The van der Waals surface area contributed by atoms with Gasteiger partial charge in [-0.25, -0.2) is 4.98 Å². The van der Waals surface area contributed by atoms with E-state index in [9.17, 15) is 8.42 Å². The van der Waals surface area contributed by atoms with E-state index in [1.54, 1.807) is 24.4 Å². The molecule has 2 N–H and O–H groups in total. The van der Waals surface area contributed by atoms with Crippen molar-refractivity contribution in [3.8, 4) is 5.75 Å². The molecule has 136 valence electrons. The summed E-state index contributed by atoms with van der Waals surface area (Å²) in [5.74, 6) is 1.48. The molecule has 2 heterocycles. The lowest BCUT2D eigenvalue weighted by atomic mass is 9.95. The molecular formula is C17H21ClN2O4S. The van der Waals surface area contributed by atoms with Gasteiger partial charge in [-0.15, -0.1) is 0 Å². The second-order valence-electron chi connectivity index (χ2n) is 5.91. The summed E-state index contributed by atoms with van der Waals surface area (Å²) >= 11 is 5.66.